The van der Waals surface area contributed by atoms with Gasteiger partial charge in [0, 0.05) is 36.3 Å². The first-order valence-electron chi connectivity index (χ1n) is 8.39. The Labute approximate surface area is 147 Å². The van der Waals surface area contributed by atoms with Gasteiger partial charge in [0.05, 0.1) is 12.2 Å². The number of nitrogens with one attached hydrogen (secondary N) is 1. The molecule has 0 aliphatic carbocycles. The van der Waals surface area contributed by atoms with E-state index in [9.17, 15) is 4.79 Å². The fraction of sp³-hybridized carbons (Fsp3) is 0.250. The molecule has 2 heterocycles. The summed E-state index contributed by atoms with van der Waals surface area (Å²) in [6.07, 6.45) is 6.34. The third-order valence-electron chi connectivity index (χ3n) is 4.22. The minimum absolute atomic E-state index is 0.0382. The molecule has 0 aliphatic rings. The van der Waals surface area contributed by atoms with Crippen LogP contribution in [0.4, 0.5) is 0 Å². The number of aryl methyl sites for hydroxylation is 2. The summed E-state index contributed by atoms with van der Waals surface area (Å²) in [7, 11) is 1.87. The number of hydrogen-bond acceptors (Lipinski definition) is 3. The average Bonchev–Trinajstić information content (AvgIpc) is 3.06. The highest BCUT2D eigenvalue weighted by Crippen LogP contribution is 2.21. The van der Waals surface area contributed by atoms with Crippen LogP contribution in [0.25, 0.3) is 11.1 Å². The molecule has 3 rings (SSSR count). The number of rotatable bonds is 5. The third-order valence-corrected chi connectivity index (χ3v) is 4.22. The van der Waals surface area contributed by atoms with Gasteiger partial charge in [-0.3, -0.25) is 14.5 Å². The first-order chi connectivity index (χ1) is 12.1. The van der Waals surface area contributed by atoms with Gasteiger partial charge in [0.1, 0.15) is 0 Å². The lowest BCUT2D eigenvalue weighted by atomic mass is 10.0. The number of nitrogens with zero attached hydrogens (tertiary/aromatic N) is 3. The Hall–Kier alpha value is -2.95. The third kappa shape index (κ3) is 3.94. The van der Waals surface area contributed by atoms with E-state index in [1.54, 1.807) is 17.1 Å². The van der Waals surface area contributed by atoms with Gasteiger partial charge in [-0.2, -0.15) is 5.10 Å². The highest BCUT2D eigenvalue weighted by atomic mass is 16.1. The van der Waals surface area contributed by atoms with Crippen molar-refractivity contribution in [3.63, 3.8) is 0 Å². The van der Waals surface area contributed by atoms with E-state index in [2.05, 4.69) is 15.4 Å². The number of aromatic nitrogens is 3. The molecule has 0 aliphatic heterocycles. The second-order valence-electron chi connectivity index (χ2n) is 6.14. The van der Waals surface area contributed by atoms with E-state index in [0.717, 1.165) is 28.8 Å². The van der Waals surface area contributed by atoms with Gasteiger partial charge in [-0.15, -0.1) is 0 Å². The summed E-state index contributed by atoms with van der Waals surface area (Å²) >= 11 is 0. The lowest BCUT2D eigenvalue weighted by Gasteiger charge is -2.15. The van der Waals surface area contributed by atoms with E-state index in [0.29, 0.717) is 5.56 Å². The standard InChI is InChI=1S/C20H22N4O/c1-4-19(18-12-22-24(3)13-18)23-20(25)16-7-5-15(6-8-16)17-9-10-21-14(2)11-17/h5-13,19H,4H2,1-3H3,(H,23,25). The lowest BCUT2D eigenvalue weighted by molar-refractivity contribution is 0.0935. The zero-order valence-corrected chi connectivity index (χ0v) is 14.7. The van der Waals surface area contributed by atoms with E-state index in [-0.39, 0.29) is 11.9 Å². The van der Waals surface area contributed by atoms with Crippen molar-refractivity contribution in [1.82, 2.24) is 20.1 Å². The van der Waals surface area contributed by atoms with Gasteiger partial charge in [-0.1, -0.05) is 19.1 Å². The van der Waals surface area contributed by atoms with Crippen LogP contribution in [-0.2, 0) is 7.05 Å². The second kappa shape index (κ2) is 7.30. The highest BCUT2D eigenvalue weighted by Gasteiger charge is 2.15. The molecule has 3 aromatic rings. The predicted molar refractivity (Wildman–Crippen MR) is 98.1 cm³/mol. The molecule has 1 N–H and O–H groups in total. The molecule has 1 unspecified atom stereocenters. The van der Waals surface area contributed by atoms with Crippen LogP contribution in [0.5, 0.6) is 0 Å². The van der Waals surface area contributed by atoms with Crippen molar-refractivity contribution in [3.05, 3.63) is 71.8 Å². The topological polar surface area (TPSA) is 59.8 Å². The van der Waals surface area contributed by atoms with E-state index >= 15 is 0 Å². The Morgan fingerprint density at radius 1 is 1.20 bits per heavy atom. The zero-order valence-electron chi connectivity index (χ0n) is 14.7. The Bertz CT molecular complexity index is 867. The average molecular weight is 334 g/mol. The number of carbonyl (C=O) groups excluding carboxylic acids is 1. The van der Waals surface area contributed by atoms with Crippen LogP contribution >= 0.6 is 0 Å². The van der Waals surface area contributed by atoms with Crippen LogP contribution in [0.2, 0.25) is 0 Å². The molecule has 0 saturated carbocycles. The number of amides is 1. The quantitative estimate of drug-likeness (QED) is 0.774. The lowest BCUT2D eigenvalue weighted by Crippen LogP contribution is -2.27. The maximum Gasteiger partial charge on any atom is 0.251 e. The summed E-state index contributed by atoms with van der Waals surface area (Å²) in [6, 6.07) is 11.6. The van der Waals surface area contributed by atoms with Crippen molar-refractivity contribution < 1.29 is 4.79 Å². The Kier molecular flexibility index (Phi) is 4.93. The Morgan fingerprint density at radius 3 is 2.56 bits per heavy atom. The largest absolute Gasteiger partial charge is 0.345 e. The van der Waals surface area contributed by atoms with Gasteiger partial charge in [0.2, 0.25) is 0 Å². The molecule has 5 heteroatoms. The fourth-order valence-electron chi connectivity index (χ4n) is 2.82. The van der Waals surface area contributed by atoms with Gasteiger partial charge in [-0.05, 0) is 48.7 Å². The number of benzene rings is 1. The van der Waals surface area contributed by atoms with E-state index < -0.39 is 0 Å². The van der Waals surface area contributed by atoms with Gasteiger partial charge in [0.15, 0.2) is 0 Å². The second-order valence-corrected chi connectivity index (χ2v) is 6.14. The molecular formula is C20H22N4O. The number of pyridine rings is 1. The molecule has 1 aromatic carbocycles. The molecule has 25 heavy (non-hydrogen) atoms. The van der Waals surface area contributed by atoms with Crippen LogP contribution in [0.1, 0.15) is 41.0 Å². The van der Waals surface area contributed by atoms with Crippen molar-refractivity contribution >= 4 is 5.91 Å². The van der Waals surface area contributed by atoms with Crippen molar-refractivity contribution in [1.29, 1.82) is 0 Å². The van der Waals surface area contributed by atoms with Gasteiger partial charge in [-0.25, -0.2) is 0 Å². The zero-order chi connectivity index (χ0) is 17.8. The molecule has 0 spiro atoms. The molecule has 128 valence electrons. The first kappa shape index (κ1) is 16.9. The summed E-state index contributed by atoms with van der Waals surface area (Å²) in [6.45, 7) is 4.02. The summed E-state index contributed by atoms with van der Waals surface area (Å²) in [5.41, 5.74) is 4.81. The molecule has 0 saturated heterocycles. The van der Waals surface area contributed by atoms with Crippen molar-refractivity contribution in [2.45, 2.75) is 26.3 Å². The maximum atomic E-state index is 12.5. The van der Waals surface area contributed by atoms with Crippen LogP contribution < -0.4 is 5.32 Å². The van der Waals surface area contributed by atoms with Crippen molar-refractivity contribution in [2.75, 3.05) is 0 Å². The summed E-state index contributed by atoms with van der Waals surface area (Å²) < 4.78 is 1.75. The molecular weight excluding hydrogens is 312 g/mol. The molecule has 0 radical (unpaired) electrons. The summed E-state index contributed by atoms with van der Waals surface area (Å²) in [5, 5.41) is 7.26. The Morgan fingerprint density at radius 2 is 1.96 bits per heavy atom. The smallest absolute Gasteiger partial charge is 0.251 e. The molecule has 1 amide bonds. The number of carbonyl (C=O) groups is 1. The molecule has 1 atom stereocenters. The van der Waals surface area contributed by atoms with Crippen LogP contribution in [0, 0.1) is 6.92 Å². The maximum absolute atomic E-state index is 12.5. The predicted octanol–water partition coefficient (Wildman–Crippen LogP) is 3.67. The Balaban J connectivity index is 1.74. The molecule has 0 fully saturated rings. The summed E-state index contributed by atoms with van der Waals surface area (Å²) in [4.78, 5) is 16.8. The van der Waals surface area contributed by atoms with Crippen molar-refractivity contribution in [3.8, 4) is 11.1 Å². The minimum Gasteiger partial charge on any atom is -0.345 e. The SMILES string of the molecule is CCC(NC(=O)c1ccc(-c2ccnc(C)c2)cc1)c1cnn(C)c1. The van der Waals surface area contributed by atoms with Crippen molar-refractivity contribution in [2.24, 2.45) is 7.05 Å². The van der Waals surface area contributed by atoms with Crippen LogP contribution in [0.3, 0.4) is 0 Å². The minimum atomic E-state index is -0.0758. The van der Waals surface area contributed by atoms with Crippen LogP contribution in [0.15, 0.2) is 55.0 Å². The van der Waals surface area contributed by atoms with Gasteiger partial charge < -0.3 is 5.32 Å². The molecule has 2 aromatic heterocycles. The first-order valence-corrected chi connectivity index (χ1v) is 8.39. The molecule has 0 bridgehead atoms. The van der Waals surface area contributed by atoms with E-state index in [4.69, 9.17) is 0 Å². The monoisotopic (exact) mass is 334 g/mol. The highest BCUT2D eigenvalue weighted by molar-refractivity contribution is 5.95. The number of hydrogen-bond donors (Lipinski definition) is 1. The normalized spacial score (nSPS) is 12.0. The van der Waals surface area contributed by atoms with E-state index in [1.807, 2.05) is 63.5 Å². The molecule has 5 nitrogen and oxygen atoms in total. The van der Waals surface area contributed by atoms with Gasteiger partial charge in [0.25, 0.3) is 5.91 Å². The van der Waals surface area contributed by atoms with Gasteiger partial charge >= 0.3 is 0 Å². The van der Waals surface area contributed by atoms with E-state index in [1.165, 1.54) is 0 Å². The summed E-state index contributed by atoms with van der Waals surface area (Å²) in [5.74, 6) is -0.0758. The fourth-order valence-corrected chi connectivity index (χ4v) is 2.82. The van der Waals surface area contributed by atoms with Crippen LogP contribution in [-0.4, -0.2) is 20.7 Å².